The van der Waals surface area contributed by atoms with Gasteiger partial charge in [-0.25, -0.2) is 0 Å². The molecule has 0 fully saturated rings. The number of phenolic OH excluding ortho intramolecular Hbond substituents is 3. The zero-order valence-corrected chi connectivity index (χ0v) is 9.04. The monoisotopic (exact) mass is 228 g/mol. The second-order valence-corrected chi connectivity index (χ2v) is 3.64. The van der Waals surface area contributed by atoms with Crippen molar-refractivity contribution in [2.45, 2.75) is 0 Å². The maximum atomic E-state index is 9.58. The molecule has 3 nitrogen and oxygen atoms in total. The molecule has 3 heteroatoms. The van der Waals surface area contributed by atoms with Gasteiger partial charge >= 0.3 is 0 Å². The summed E-state index contributed by atoms with van der Waals surface area (Å²) in [6, 6.07) is 11.5. The van der Waals surface area contributed by atoms with Gasteiger partial charge in [0, 0.05) is 5.56 Å². The van der Waals surface area contributed by atoms with Crippen molar-refractivity contribution in [2.75, 3.05) is 0 Å². The van der Waals surface area contributed by atoms with Crippen molar-refractivity contribution >= 4 is 12.2 Å². The van der Waals surface area contributed by atoms with E-state index in [-0.39, 0.29) is 17.2 Å². The first-order chi connectivity index (χ1) is 8.16. The second-order valence-electron chi connectivity index (χ2n) is 3.64. The lowest BCUT2D eigenvalue weighted by molar-refractivity contribution is 0.403. The van der Waals surface area contributed by atoms with Gasteiger partial charge in [-0.3, -0.25) is 0 Å². The summed E-state index contributed by atoms with van der Waals surface area (Å²) in [6.45, 7) is 0. The van der Waals surface area contributed by atoms with E-state index in [1.807, 2.05) is 6.07 Å². The van der Waals surface area contributed by atoms with Crippen LogP contribution in [0.1, 0.15) is 11.1 Å². The van der Waals surface area contributed by atoms with Crippen LogP contribution >= 0.6 is 0 Å². The molecule has 0 amide bonds. The van der Waals surface area contributed by atoms with Gasteiger partial charge in [0.1, 0.15) is 5.75 Å². The Balaban J connectivity index is 2.29. The van der Waals surface area contributed by atoms with Gasteiger partial charge in [-0.05, 0) is 23.8 Å². The molecule has 17 heavy (non-hydrogen) atoms. The normalized spacial score (nSPS) is 10.8. The highest BCUT2D eigenvalue weighted by Gasteiger charge is 2.01. The molecule has 2 rings (SSSR count). The Morgan fingerprint density at radius 2 is 1.59 bits per heavy atom. The topological polar surface area (TPSA) is 60.7 Å². The van der Waals surface area contributed by atoms with Gasteiger partial charge in [0.05, 0.1) is 0 Å². The maximum Gasteiger partial charge on any atom is 0.164 e. The molecule has 0 unspecified atom stereocenters. The average molecular weight is 228 g/mol. The fourth-order valence-corrected chi connectivity index (χ4v) is 1.50. The van der Waals surface area contributed by atoms with Gasteiger partial charge in [-0.15, -0.1) is 0 Å². The minimum Gasteiger partial charge on any atom is -0.508 e. The summed E-state index contributed by atoms with van der Waals surface area (Å²) in [5.41, 5.74) is 1.33. The first-order valence-electron chi connectivity index (χ1n) is 5.15. The molecule has 2 aromatic carbocycles. The number of hydrogen-bond acceptors (Lipinski definition) is 3. The standard InChI is InChI=1S/C14H12O3/c15-12-5-1-3-10(9-12)7-8-11-4-2-6-13(16)14(11)17/h1-9,15-17H/b8-7+. The van der Waals surface area contributed by atoms with E-state index >= 15 is 0 Å². The Labute approximate surface area is 98.9 Å². The van der Waals surface area contributed by atoms with Gasteiger partial charge < -0.3 is 15.3 Å². The van der Waals surface area contributed by atoms with Gasteiger partial charge in [-0.2, -0.15) is 0 Å². The van der Waals surface area contributed by atoms with Crippen molar-refractivity contribution in [1.82, 2.24) is 0 Å². The molecule has 0 bridgehead atoms. The summed E-state index contributed by atoms with van der Waals surface area (Å²) in [5, 5.41) is 28.2. The minimum atomic E-state index is -0.150. The third kappa shape index (κ3) is 2.58. The highest BCUT2D eigenvalue weighted by molar-refractivity contribution is 5.74. The van der Waals surface area contributed by atoms with Crippen LogP contribution in [0.3, 0.4) is 0 Å². The quantitative estimate of drug-likeness (QED) is 0.547. The highest BCUT2D eigenvalue weighted by Crippen LogP contribution is 2.29. The number of para-hydroxylation sites is 1. The van der Waals surface area contributed by atoms with Crippen LogP contribution in [-0.2, 0) is 0 Å². The van der Waals surface area contributed by atoms with E-state index < -0.39 is 0 Å². The minimum absolute atomic E-state index is 0.149. The molecule has 0 radical (unpaired) electrons. The number of hydrogen-bond donors (Lipinski definition) is 3. The molecular weight excluding hydrogens is 216 g/mol. The highest BCUT2D eigenvalue weighted by atomic mass is 16.3. The third-order valence-corrected chi connectivity index (χ3v) is 2.37. The van der Waals surface area contributed by atoms with Crippen LogP contribution in [-0.4, -0.2) is 15.3 Å². The molecule has 86 valence electrons. The van der Waals surface area contributed by atoms with Crippen LogP contribution in [0.2, 0.25) is 0 Å². The van der Waals surface area contributed by atoms with E-state index in [1.54, 1.807) is 42.5 Å². The summed E-state index contributed by atoms with van der Waals surface area (Å²) < 4.78 is 0. The van der Waals surface area contributed by atoms with Crippen molar-refractivity contribution in [3.63, 3.8) is 0 Å². The maximum absolute atomic E-state index is 9.58. The van der Waals surface area contributed by atoms with Crippen LogP contribution in [0.15, 0.2) is 42.5 Å². The molecule has 0 aromatic heterocycles. The van der Waals surface area contributed by atoms with Crippen LogP contribution in [0.25, 0.3) is 12.2 Å². The lowest BCUT2D eigenvalue weighted by Crippen LogP contribution is -1.76. The Morgan fingerprint density at radius 1 is 0.824 bits per heavy atom. The SMILES string of the molecule is Oc1cccc(/C=C/c2cccc(O)c2O)c1. The summed E-state index contributed by atoms with van der Waals surface area (Å²) >= 11 is 0. The zero-order chi connectivity index (χ0) is 12.3. The Kier molecular flexibility index (Phi) is 3.01. The van der Waals surface area contributed by atoms with Crippen molar-refractivity contribution in [3.8, 4) is 17.2 Å². The third-order valence-electron chi connectivity index (χ3n) is 2.37. The van der Waals surface area contributed by atoms with E-state index in [1.165, 1.54) is 6.07 Å². The molecule has 0 heterocycles. The molecule has 0 saturated heterocycles. The van der Waals surface area contributed by atoms with Crippen LogP contribution in [0.5, 0.6) is 17.2 Å². The number of rotatable bonds is 2. The molecular formula is C14H12O3. The Bertz CT molecular complexity index is 559. The van der Waals surface area contributed by atoms with Crippen LogP contribution < -0.4 is 0 Å². The molecule has 3 N–H and O–H groups in total. The summed E-state index contributed by atoms with van der Waals surface area (Å²) in [5.74, 6) is -0.112. The van der Waals surface area contributed by atoms with Crippen molar-refractivity contribution in [3.05, 3.63) is 53.6 Å². The van der Waals surface area contributed by atoms with Gasteiger partial charge in [-0.1, -0.05) is 36.4 Å². The summed E-state index contributed by atoms with van der Waals surface area (Å²) in [4.78, 5) is 0. The predicted octanol–water partition coefficient (Wildman–Crippen LogP) is 2.97. The lowest BCUT2D eigenvalue weighted by atomic mass is 10.1. The fourth-order valence-electron chi connectivity index (χ4n) is 1.50. The second kappa shape index (κ2) is 4.61. The Hall–Kier alpha value is -2.42. The van der Waals surface area contributed by atoms with Gasteiger partial charge in [0.15, 0.2) is 11.5 Å². The number of aromatic hydroxyl groups is 3. The van der Waals surface area contributed by atoms with E-state index in [9.17, 15) is 15.3 Å². The largest absolute Gasteiger partial charge is 0.508 e. The fraction of sp³-hybridized carbons (Fsp3) is 0. The van der Waals surface area contributed by atoms with Gasteiger partial charge in [0.2, 0.25) is 0 Å². The van der Waals surface area contributed by atoms with E-state index in [4.69, 9.17) is 0 Å². The van der Waals surface area contributed by atoms with E-state index in [2.05, 4.69) is 0 Å². The molecule has 0 aliphatic rings. The molecule has 0 saturated carbocycles. The first kappa shape index (κ1) is 11.1. The summed E-state index contributed by atoms with van der Waals surface area (Å²) in [6.07, 6.45) is 3.41. The predicted molar refractivity (Wildman–Crippen MR) is 66.8 cm³/mol. The molecule has 2 aromatic rings. The molecule has 0 aliphatic heterocycles. The summed E-state index contributed by atoms with van der Waals surface area (Å²) in [7, 11) is 0. The lowest BCUT2D eigenvalue weighted by Gasteiger charge is -2.01. The number of benzene rings is 2. The smallest absolute Gasteiger partial charge is 0.164 e. The number of phenols is 3. The Morgan fingerprint density at radius 3 is 2.35 bits per heavy atom. The van der Waals surface area contributed by atoms with Crippen molar-refractivity contribution in [1.29, 1.82) is 0 Å². The molecule has 0 spiro atoms. The van der Waals surface area contributed by atoms with Gasteiger partial charge in [0.25, 0.3) is 0 Å². The zero-order valence-electron chi connectivity index (χ0n) is 9.04. The van der Waals surface area contributed by atoms with Crippen molar-refractivity contribution in [2.24, 2.45) is 0 Å². The molecule has 0 aliphatic carbocycles. The van der Waals surface area contributed by atoms with Crippen molar-refractivity contribution < 1.29 is 15.3 Å². The van der Waals surface area contributed by atoms with Crippen LogP contribution in [0.4, 0.5) is 0 Å². The molecule has 0 atom stereocenters. The first-order valence-corrected chi connectivity index (χ1v) is 5.15. The average Bonchev–Trinajstić information content (AvgIpc) is 2.31. The van der Waals surface area contributed by atoms with Crippen LogP contribution in [0, 0.1) is 0 Å². The van der Waals surface area contributed by atoms with E-state index in [0.29, 0.717) is 5.56 Å². The van der Waals surface area contributed by atoms with E-state index in [0.717, 1.165) is 5.56 Å².